The molecule has 0 saturated heterocycles. The molecule has 0 fully saturated rings. The summed E-state index contributed by atoms with van der Waals surface area (Å²) in [5.74, 6) is 0. The smallest absolute Gasteiger partial charge is 0.364 e. The molecule has 0 radical (unpaired) electrons. The molecule has 5 heteroatoms. The quantitative estimate of drug-likeness (QED) is 0.431. The summed E-state index contributed by atoms with van der Waals surface area (Å²) in [6.07, 6.45) is 4.49. The number of thiol groups is 1. The van der Waals surface area contributed by atoms with Gasteiger partial charge in [-0.05, 0) is 18.9 Å². The Hall–Kier alpha value is -0.520. The van der Waals surface area contributed by atoms with Gasteiger partial charge in [-0.2, -0.15) is 0 Å². The molecule has 0 aliphatic heterocycles. The third kappa shape index (κ3) is 4.68. The Morgan fingerprint density at radius 2 is 2.20 bits per heavy atom. The average molecular weight is 232 g/mol. The number of aliphatic hydroxyl groups excluding tert-OH is 1. The summed E-state index contributed by atoms with van der Waals surface area (Å²) in [5, 5.41) is 8.86. The highest BCUT2D eigenvalue weighted by molar-refractivity contribution is 7.96. The van der Waals surface area contributed by atoms with Crippen molar-refractivity contribution in [3.05, 3.63) is 12.2 Å². The van der Waals surface area contributed by atoms with Gasteiger partial charge in [0.2, 0.25) is 0 Å². The molecular formula is C10H16O4S. The lowest BCUT2D eigenvalue weighted by Gasteiger charge is -2.23. The molecule has 3 atom stereocenters. The Morgan fingerprint density at radius 1 is 1.47 bits per heavy atom. The lowest BCUT2D eigenvalue weighted by atomic mass is 10.00. The molecule has 0 spiro atoms. The van der Waals surface area contributed by atoms with Crippen molar-refractivity contribution in [1.82, 2.24) is 0 Å². The van der Waals surface area contributed by atoms with Crippen LogP contribution in [0.1, 0.15) is 19.3 Å². The van der Waals surface area contributed by atoms with Gasteiger partial charge in [-0.25, -0.2) is 4.79 Å². The van der Waals surface area contributed by atoms with Crippen LogP contribution >= 0.6 is 12.6 Å². The van der Waals surface area contributed by atoms with Gasteiger partial charge in [0.05, 0.1) is 12.2 Å². The van der Waals surface area contributed by atoms with Crippen LogP contribution in [-0.2, 0) is 9.47 Å². The largest absolute Gasteiger partial charge is 0.450 e. The maximum Gasteiger partial charge on any atom is 0.364 e. The summed E-state index contributed by atoms with van der Waals surface area (Å²) in [6, 6.07) is 0. The molecule has 4 nitrogen and oxygen atoms in total. The first kappa shape index (κ1) is 12.5. The first-order valence-corrected chi connectivity index (χ1v) is 5.35. The fraction of sp³-hybridized carbons (Fsp3) is 0.700. The minimum atomic E-state index is -0.616. The normalized spacial score (nSPS) is 33.9. The second-order valence-electron chi connectivity index (χ2n) is 3.55. The molecule has 0 aromatic carbocycles. The van der Waals surface area contributed by atoms with E-state index in [4.69, 9.17) is 9.47 Å². The highest BCUT2D eigenvalue weighted by Gasteiger charge is 2.20. The van der Waals surface area contributed by atoms with E-state index in [0.717, 1.165) is 6.42 Å². The van der Waals surface area contributed by atoms with Crippen molar-refractivity contribution in [2.45, 2.75) is 37.6 Å². The zero-order valence-electron chi connectivity index (χ0n) is 8.63. The van der Waals surface area contributed by atoms with Gasteiger partial charge in [0, 0.05) is 13.5 Å². The second kappa shape index (κ2) is 6.15. The van der Waals surface area contributed by atoms with E-state index in [1.54, 1.807) is 19.3 Å². The van der Waals surface area contributed by atoms with E-state index >= 15 is 0 Å². The Balaban J connectivity index is 2.61. The van der Waals surface area contributed by atoms with Crippen LogP contribution in [0.15, 0.2) is 12.2 Å². The number of aliphatic hydroxyl groups is 1. The van der Waals surface area contributed by atoms with E-state index in [1.807, 2.05) is 0 Å². The molecule has 0 saturated carbocycles. The number of methoxy groups -OCH3 is 1. The van der Waals surface area contributed by atoms with Crippen molar-refractivity contribution in [3.63, 3.8) is 0 Å². The maximum absolute atomic E-state index is 10.7. The van der Waals surface area contributed by atoms with Gasteiger partial charge in [0.1, 0.15) is 6.10 Å². The number of ether oxygens (including phenoxy) is 2. The highest BCUT2D eigenvalue weighted by atomic mass is 32.1. The van der Waals surface area contributed by atoms with Crippen molar-refractivity contribution in [2.24, 2.45) is 0 Å². The third-order valence-corrected chi connectivity index (χ3v) is 2.52. The van der Waals surface area contributed by atoms with Gasteiger partial charge in [-0.15, -0.1) is 0 Å². The van der Waals surface area contributed by atoms with Crippen LogP contribution in [0.3, 0.4) is 0 Å². The average Bonchev–Trinajstić information content (AvgIpc) is 2.16. The molecule has 1 rings (SSSR count). The molecule has 0 bridgehead atoms. The monoisotopic (exact) mass is 232 g/mol. The van der Waals surface area contributed by atoms with E-state index in [0.29, 0.717) is 12.8 Å². The number of carbonyl (C=O) groups is 1. The number of hydrogen-bond donors (Lipinski definition) is 2. The molecule has 1 aliphatic carbocycles. The van der Waals surface area contributed by atoms with Crippen LogP contribution in [0.2, 0.25) is 0 Å². The van der Waals surface area contributed by atoms with Crippen LogP contribution in [-0.4, -0.2) is 35.8 Å². The Morgan fingerprint density at radius 3 is 2.80 bits per heavy atom. The van der Waals surface area contributed by atoms with Gasteiger partial charge in [0.15, 0.2) is 0 Å². The van der Waals surface area contributed by atoms with E-state index in [1.165, 1.54) is 0 Å². The van der Waals surface area contributed by atoms with Crippen LogP contribution in [0.4, 0.5) is 4.79 Å². The number of hydrogen-bond acceptors (Lipinski definition) is 4. The van der Waals surface area contributed by atoms with Gasteiger partial charge >= 0.3 is 5.30 Å². The molecule has 0 aromatic rings. The van der Waals surface area contributed by atoms with Crippen molar-refractivity contribution in [1.29, 1.82) is 0 Å². The summed E-state index contributed by atoms with van der Waals surface area (Å²) in [4.78, 5) is 10.7. The third-order valence-electron chi connectivity index (χ3n) is 2.41. The van der Waals surface area contributed by atoms with E-state index in [-0.39, 0.29) is 12.2 Å². The molecule has 86 valence electrons. The van der Waals surface area contributed by atoms with Crippen molar-refractivity contribution >= 4 is 17.9 Å². The topological polar surface area (TPSA) is 55.8 Å². The fourth-order valence-electron chi connectivity index (χ4n) is 1.59. The first-order chi connectivity index (χ1) is 7.11. The summed E-state index contributed by atoms with van der Waals surface area (Å²) in [6.45, 7) is 0. The van der Waals surface area contributed by atoms with Crippen molar-refractivity contribution in [3.8, 4) is 0 Å². The Bertz CT molecular complexity index is 242. The summed E-state index contributed by atoms with van der Waals surface area (Å²) < 4.78 is 10.2. The van der Waals surface area contributed by atoms with Crippen LogP contribution < -0.4 is 0 Å². The predicted molar refractivity (Wildman–Crippen MR) is 59.0 cm³/mol. The SMILES string of the molecule is COC1CCC(O)/C=C/C(OC(=O)S)C1. The lowest BCUT2D eigenvalue weighted by Crippen LogP contribution is -2.25. The molecule has 0 aromatic heterocycles. The van der Waals surface area contributed by atoms with Crippen molar-refractivity contribution < 1.29 is 19.4 Å². The van der Waals surface area contributed by atoms with Gasteiger partial charge in [-0.1, -0.05) is 18.7 Å². The Labute approximate surface area is 94.7 Å². The van der Waals surface area contributed by atoms with Crippen LogP contribution in [0, 0.1) is 0 Å². The van der Waals surface area contributed by atoms with Gasteiger partial charge < -0.3 is 14.6 Å². The van der Waals surface area contributed by atoms with Gasteiger partial charge in [-0.3, -0.25) is 0 Å². The first-order valence-electron chi connectivity index (χ1n) is 4.90. The maximum atomic E-state index is 10.7. The zero-order valence-corrected chi connectivity index (χ0v) is 9.52. The molecule has 0 heterocycles. The van der Waals surface area contributed by atoms with Crippen molar-refractivity contribution in [2.75, 3.05) is 7.11 Å². The van der Waals surface area contributed by atoms with Crippen LogP contribution in [0.25, 0.3) is 0 Å². The minimum Gasteiger partial charge on any atom is -0.450 e. The molecule has 1 N–H and O–H groups in total. The molecule has 1 aliphatic rings. The second-order valence-corrected chi connectivity index (χ2v) is 3.91. The summed E-state index contributed by atoms with van der Waals surface area (Å²) in [5.41, 5.74) is 0. The molecule has 0 amide bonds. The molecule has 3 unspecified atom stereocenters. The fourth-order valence-corrected chi connectivity index (χ4v) is 1.73. The van der Waals surface area contributed by atoms with E-state index in [9.17, 15) is 9.90 Å². The summed E-state index contributed by atoms with van der Waals surface area (Å²) >= 11 is 3.55. The zero-order chi connectivity index (χ0) is 11.3. The van der Waals surface area contributed by atoms with E-state index < -0.39 is 11.4 Å². The number of rotatable bonds is 2. The lowest BCUT2D eigenvalue weighted by molar-refractivity contribution is 0.0377. The Kier molecular flexibility index (Phi) is 5.14. The van der Waals surface area contributed by atoms with Crippen LogP contribution in [0.5, 0.6) is 0 Å². The minimum absolute atomic E-state index is 0.00211. The summed E-state index contributed by atoms with van der Waals surface area (Å²) in [7, 11) is 1.61. The van der Waals surface area contributed by atoms with Gasteiger partial charge in [0.25, 0.3) is 0 Å². The molecular weight excluding hydrogens is 216 g/mol. The number of carbonyl (C=O) groups excluding carboxylic acids is 1. The van der Waals surface area contributed by atoms with E-state index in [2.05, 4.69) is 12.6 Å². The standard InChI is InChI=1S/C10H16O4S/c1-13-8-4-2-7(11)3-5-9(6-8)14-10(12)15/h3,5,7-9,11H,2,4,6H2,1H3,(H,12,15)/b5-3+. The molecule has 15 heavy (non-hydrogen) atoms. The highest BCUT2D eigenvalue weighted by Crippen LogP contribution is 2.18. The predicted octanol–water partition coefficient (Wildman–Crippen LogP) is 1.54.